The highest BCUT2D eigenvalue weighted by atomic mass is 16.5. The number of aryl methyl sites for hydroxylation is 1. The standard InChI is InChI=1S/C17H22N2O2/c1-4-9-21-14-7-5-13(6-8-14)16-10-12(2)15(11-18)17(20)19(16)3/h5-8,10H,4,9,11,18H2,1-3H3. The summed E-state index contributed by atoms with van der Waals surface area (Å²) in [5.74, 6) is 0.848. The van der Waals surface area contributed by atoms with Crippen molar-refractivity contribution in [3.8, 4) is 17.0 Å². The van der Waals surface area contributed by atoms with Gasteiger partial charge in [0.05, 0.1) is 12.3 Å². The largest absolute Gasteiger partial charge is 0.494 e. The van der Waals surface area contributed by atoms with Crippen molar-refractivity contribution in [2.45, 2.75) is 26.8 Å². The zero-order valence-electron chi connectivity index (χ0n) is 12.8. The van der Waals surface area contributed by atoms with Crippen LogP contribution in [0.5, 0.6) is 5.75 Å². The Kier molecular flexibility index (Phi) is 4.81. The molecule has 4 nitrogen and oxygen atoms in total. The highest BCUT2D eigenvalue weighted by molar-refractivity contribution is 5.62. The van der Waals surface area contributed by atoms with Crippen LogP contribution in [0.15, 0.2) is 35.1 Å². The first-order chi connectivity index (χ1) is 10.1. The van der Waals surface area contributed by atoms with Crippen LogP contribution in [-0.2, 0) is 13.6 Å². The van der Waals surface area contributed by atoms with E-state index >= 15 is 0 Å². The first-order valence-corrected chi connectivity index (χ1v) is 7.21. The van der Waals surface area contributed by atoms with Gasteiger partial charge >= 0.3 is 0 Å². The number of ether oxygens (including phenoxy) is 1. The molecule has 2 N–H and O–H groups in total. The number of rotatable bonds is 5. The Morgan fingerprint density at radius 3 is 2.48 bits per heavy atom. The van der Waals surface area contributed by atoms with Gasteiger partial charge in [-0.2, -0.15) is 0 Å². The van der Waals surface area contributed by atoms with Crippen LogP contribution in [0.4, 0.5) is 0 Å². The van der Waals surface area contributed by atoms with Crippen molar-refractivity contribution in [2.75, 3.05) is 6.61 Å². The molecule has 1 aromatic heterocycles. The average molecular weight is 286 g/mol. The monoisotopic (exact) mass is 286 g/mol. The summed E-state index contributed by atoms with van der Waals surface area (Å²) in [4.78, 5) is 12.3. The number of nitrogens with zero attached hydrogens (tertiary/aromatic N) is 1. The van der Waals surface area contributed by atoms with Crippen LogP contribution in [0.25, 0.3) is 11.3 Å². The van der Waals surface area contributed by atoms with E-state index in [1.165, 1.54) is 0 Å². The smallest absolute Gasteiger partial charge is 0.255 e. The quantitative estimate of drug-likeness (QED) is 0.919. The van der Waals surface area contributed by atoms with Crippen molar-refractivity contribution < 1.29 is 4.74 Å². The number of nitrogens with two attached hydrogens (primary N) is 1. The van der Waals surface area contributed by atoms with E-state index in [1.54, 1.807) is 11.6 Å². The molecule has 0 atom stereocenters. The maximum absolute atomic E-state index is 12.3. The Morgan fingerprint density at radius 2 is 1.90 bits per heavy atom. The minimum Gasteiger partial charge on any atom is -0.494 e. The first kappa shape index (κ1) is 15.3. The number of aromatic nitrogens is 1. The van der Waals surface area contributed by atoms with Gasteiger partial charge in [0, 0.05) is 19.2 Å². The first-order valence-electron chi connectivity index (χ1n) is 7.21. The second-order valence-electron chi connectivity index (χ2n) is 5.13. The minimum absolute atomic E-state index is 0.0289. The molecular formula is C17H22N2O2. The molecule has 0 saturated carbocycles. The SMILES string of the molecule is CCCOc1ccc(-c2cc(C)c(CN)c(=O)n2C)cc1. The van der Waals surface area contributed by atoms with Gasteiger partial charge in [0.15, 0.2) is 0 Å². The van der Waals surface area contributed by atoms with E-state index in [2.05, 4.69) is 6.92 Å². The van der Waals surface area contributed by atoms with Gasteiger partial charge in [0.2, 0.25) is 0 Å². The van der Waals surface area contributed by atoms with Crippen LogP contribution in [0.2, 0.25) is 0 Å². The summed E-state index contributed by atoms with van der Waals surface area (Å²) in [6.07, 6.45) is 0.982. The van der Waals surface area contributed by atoms with Gasteiger partial charge in [-0.1, -0.05) is 6.92 Å². The number of benzene rings is 1. The van der Waals surface area contributed by atoms with Gasteiger partial charge in [-0.05, 0) is 54.8 Å². The van der Waals surface area contributed by atoms with Crippen LogP contribution in [0.1, 0.15) is 24.5 Å². The minimum atomic E-state index is -0.0289. The molecule has 0 radical (unpaired) electrons. The van der Waals surface area contributed by atoms with Crippen molar-refractivity contribution in [1.82, 2.24) is 4.57 Å². The molecule has 0 aliphatic rings. The molecule has 0 fully saturated rings. The van der Waals surface area contributed by atoms with Gasteiger partial charge in [0.1, 0.15) is 5.75 Å². The van der Waals surface area contributed by atoms with Crippen LogP contribution in [-0.4, -0.2) is 11.2 Å². The van der Waals surface area contributed by atoms with Crippen LogP contribution in [0.3, 0.4) is 0 Å². The summed E-state index contributed by atoms with van der Waals surface area (Å²) in [7, 11) is 1.78. The normalized spacial score (nSPS) is 10.7. The molecule has 0 bridgehead atoms. The summed E-state index contributed by atoms with van der Waals surface area (Å²) in [5.41, 5.74) is 9.10. The van der Waals surface area contributed by atoms with Crippen molar-refractivity contribution in [3.63, 3.8) is 0 Å². The summed E-state index contributed by atoms with van der Waals surface area (Å²) in [5, 5.41) is 0. The van der Waals surface area contributed by atoms with E-state index in [-0.39, 0.29) is 12.1 Å². The Morgan fingerprint density at radius 1 is 1.24 bits per heavy atom. The summed E-state index contributed by atoms with van der Waals surface area (Å²) in [6.45, 7) is 4.97. The molecule has 0 unspecified atom stereocenters. The van der Waals surface area contributed by atoms with Gasteiger partial charge in [0.25, 0.3) is 5.56 Å². The van der Waals surface area contributed by atoms with E-state index in [1.807, 2.05) is 37.3 Å². The van der Waals surface area contributed by atoms with E-state index in [0.717, 1.165) is 29.0 Å². The maximum Gasteiger partial charge on any atom is 0.255 e. The molecule has 4 heteroatoms. The molecule has 1 aromatic carbocycles. The van der Waals surface area contributed by atoms with Crippen molar-refractivity contribution in [3.05, 3.63) is 51.8 Å². The third-order valence-corrected chi connectivity index (χ3v) is 3.58. The Labute approximate surface area is 125 Å². The molecule has 0 aliphatic heterocycles. The molecule has 1 heterocycles. The average Bonchev–Trinajstić information content (AvgIpc) is 2.50. The van der Waals surface area contributed by atoms with Gasteiger partial charge < -0.3 is 15.0 Å². The molecule has 0 spiro atoms. The second-order valence-corrected chi connectivity index (χ2v) is 5.13. The van der Waals surface area contributed by atoms with Crippen LogP contribution in [0, 0.1) is 6.92 Å². The number of hydrogen-bond acceptors (Lipinski definition) is 3. The molecule has 2 rings (SSSR count). The van der Waals surface area contributed by atoms with E-state index in [0.29, 0.717) is 12.2 Å². The molecule has 0 amide bonds. The third kappa shape index (κ3) is 3.16. The van der Waals surface area contributed by atoms with Gasteiger partial charge in [-0.25, -0.2) is 0 Å². The van der Waals surface area contributed by atoms with E-state index < -0.39 is 0 Å². The molecule has 112 valence electrons. The molecule has 0 saturated heterocycles. The second kappa shape index (κ2) is 6.59. The highest BCUT2D eigenvalue weighted by Crippen LogP contribution is 2.22. The lowest BCUT2D eigenvalue weighted by Gasteiger charge is -2.13. The summed E-state index contributed by atoms with van der Waals surface area (Å²) < 4.78 is 7.23. The Hall–Kier alpha value is -2.07. The van der Waals surface area contributed by atoms with Gasteiger partial charge in [-0.3, -0.25) is 4.79 Å². The fourth-order valence-electron chi connectivity index (χ4n) is 2.34. The molecule has 2 aromatic rings. The molecular weight excluding hydrogens is 264 g/mol. The topological polar surface area (TPSA) is 57.2 Å². The lowest BCUT2D eigenvalue weighted by Crippen LogP contribution is -2.25. The van der Waals surface area contributed by atoms with E-state index in [9.17, 15) is 4.79 Å². The predicted octanol–water partition coefficient (Wildman–Crippen LogP) is 2.61. The lowest BCUT2D eigenvalue weighted by atomic mass is 10.1. The number of pyridine rings is 1. The predicted molar refractivity (Wildman–Crippen MR) is 85.5 cm³/mol. The van der Waals surface area contributed by atoms with Crippen molar-refractivity contribution in [1.29, 1.82) is 0 Å². The third-order valence-electron chi connectivity index (χ3n) is 3.58. The zero-order valence-corrected chi connectivity index (χ0v) is 12.8. The van der Waals surface area contributed by atoms with Crippen LogP contribution >= 0.6 is 0 Å². The Balaban J connectivity index is 2.40. The number of hydrogen-bond donors (Lipinski definition) is 1. The Bertz CT molecular complexity index is 672. The lowest BCUT2D eigenvalue weighted by molar-refractivity contribution is 0.317. The van der Waals surface area contributed by atoms with Crippen molar-refractivity contribution in [2.24, 2.45) is 12.8 Å². The fraction of sp³-hybridized carbons (Fsp3) is 0.353. The van der Waals surface area contributed by atoms with Crippen molar-refractivity contribution >= 4 is 0 Å². The summed E-state index contributed by atoms with van der Waals surface area (Å²) in [6, 6.07) is 9.82. The molecule has 0 aliphatic carbocycles. The van der Waals surface area contributed by atoms with Gasteiger partial charge in [-0.15, -0.1) is 0 Å². The fourth-order valence-corrected chi connectivity index (χ4v) is 2.34. The summed E-state index contributed by atoms with van der Waals surface area (Å²) >= 11 is 0. The van der Waals surface area contributed by atoms with Crippen LogP contribution < -0.4 is 16.0 Å². The maximum atomic E-state index is 12.3. The zero-order chi connectivity index (χ0) is 15.4. The highest BCUT2D eigenvalue weighted by Gasteiger charge is 2.10. The van der Waals surface area contributed by atoms with E-state index in [4.69, 9.17) is 10.5 Å². The molecule has 21 heavy (non-hydrogen) atoms.